The Balaban J connectivity index is 4.07. The fraction of sp³-hybridized carbons (Fsp3) is 0.889. The van der Waals surface area contributed by atoms with Gasteiger partial charge in [0.2, 0.25) is 0 Å². The average molecular weight is 344 g/mol. The van der Waals surface area contributed by atoms with Crippen molar-refractivity contribution in [2.45, 2.75) is 65.9 Å². The van der Waals surface area contributed by atoms with E-state index >= 15 is 0 Å². The van der Waals surface area contributed by atoms with Crippen molar-refractivity contribution in [2.75, 3.05) is 33.9 Å². The van der Waals surface area contributed by atoms with Gasteiger partial charge in [-0.15, -0.1) is 0 Å². The lowest BCUT2D eigenvalue weighted by molar-refractivity contribution is -0.140. The predicted octanol–water partition coefficient (Wildman–Crippen LogP) is 2.73. The standard InChI is InChI=1S/C18H37N3O3/c1-7-19-17(21-14-15(23-5)18(2,3)4)20-13-11-9-8-10-12-16(22)24-6/h15H,7-14H2,1-6H3,(H2,19,20,21). The van der Waals surface area contributed by atoms with Crippen molar-refractivity contribution in [1.29, 1.82) is 0 Å². The number of esters is 1. The van der Waals surface area contributed by atoms with Gasteiger partial charge in [0.1, 0.15) is 0 Å². The number of ether oxygens (including phenoxy) is 2. The van der Waals surface area contributed by atoms with Crippen LogP contribution < -0.4 is 10.6 Å². The van der Waals surface area contributed by atoms with Gasteiger partial charge < -0.3 is 20.1 Å². The maximum absolute atomic E-state index is 11.0. The lowest BCUT2D eigenvalue weighted by Gasteiger charge is -2.28. The van der Waals surface area contributed by atoms with E-state index in [9.17, 15) is 4.79 Å². The lowest BCUT2D eigenvalue weighted by Crippen LogP contribution is -2.39. The van der Waals surface area contributed by atoms with E-state index in [0.29, 0.717) is 13.0 Å². The molecule has 0 amide bonds. The minimum Gasteiger partial charge on any atom is -0.469 e. The molecule has 0 saturated heterocycles. The number of guanidine groups is 1. The second kappa shape index (κ2) is 13.0. The first kappa shape index (κ1) is 22.7. The second-order valence-corrected chi connectivity index (χ2v) is 6.98. The van der Waals surface area contributed by atoms with E-state index in [1.165, 1.54) is 7.11 Å². The van der Waals surface area contributed by atoms with Crippen molar-refractivity contribution in [2.24, 2.45) is 10.4 Å². The summed E-state index contributed by atoms with van der Waals surface area (Å²) in [5, 5.41) is 6.61. The number of hydrogen-bond acceptors (Lipinski definition) is 4. The van der Waals surface area contributed by atoms with E-state index in [1.807, 2.05) is 0 Å². The largest absolute Gasteiger partial charge is 0.469 e. The average Bonchev–Trinajstić information content (AvgIpc) is 2.52. The Morgan fingerprint density at radius 2 is 1.75 bits per heavy atom. The topological polar surface area (TPSA) is 72.0 Å². The van der Waals surface area contributed by atoms with E-state index in [-0.39, 0.29) is 17.5 Å². The van der Waals surface area contributed by atoms with Crippen LogP contribution in [-0.2, 0) is 14.3 Å². The van der Waals surface area contributed by atoms with Crippen molar-refractivity contribution in [1.82, 2.24) is 10.6 Å². The van der Waals surface area contributed by atoms with Crippen LogP contribution in [0, 0.1) is 5.41 Å². The molecule has 0 aromatic rings. The smallest absolute Gasteiger partial charge is 0.305 e. The molecule has 142 valence electrons. The summed E-state index contributed by atoms with van der Waals surface area (Å²) in [6.07, 6.45) is 4.68. The van der Waals surface area contributed by atoms with Gasteiger partial charge in [-0.25, -0.2) is 0 Å². The highest BCUT2D eigenvalue weighted by Gasteiger charge is 2.23. The van der Waals surface area contributed by atoms with Crippen LogP contribution in [-0.4, -0.2) is 51.9 Å². The number of carbonyl (C=O) groups is 1. The summed E-state index contributed by atoms with van der Waals surface area (Å²) in [7, 11) is 3.17. The summed E-state index contributed by atoms with van der Waals surface area (Å²) in [5.74, 6) is 0.708. The molecule has 0 aliphatic heterocycles. The Bertz CT molecular complexity index is 365. The maximum atomic E-state index is 11.0. The van der Waals surface area contributed by atoms with Crippen molar-refractivity contribution < 1.29 is 14.3 Å². The maximum Gasteiger partial charge on any atom is 0.305 e. The van der Waals surface area contributed by atoms with Crippen LogP contribution in [0.4, 0.5) is 0 Å². The van der Waals surface area contributed by atoms with Gasteiger partial charge in [0.15, 0.2) is 5.96 Å². The number of unbranched alkanes of at least 4 members (excludes halogenated alkanes) is 3. The Labute approximate surface area is 147 Å². The van der Waals surface area contributed by atoms with E-state index in [4.69, 9.17) is 4.74 Å². The zero-order valence-electron chi connectivity index (χ0n) is 16.4. The number of nitrogens with one attached hydrogen (secondary N) is 2. The fourth-order valence-corrected chi connectivity index (χ4v) is 2.27. The summed E-state index contributed by atoms with van der Waals surface area (Å²) >= 11 is 0. The van der Waals surface area contributed by atoms with Crippen LogP contribution in [0.5, 0.6) is 0 Å². The minimum atomic E-state index is -0.124. The summed E-state index contributed by atoms with van der Waals surface area (Å²) in [6.45, 7) is 10.9. The van der Waals surface area contributed by atoms with E-state index < -0.39 is 0 Å². The zero-order valence-corrected chi connectivity index (χ0v) is 16.4. The molecule has 1 atom stereocenters. The van der Waals surface area contributed by atoms with Crippen LogP contribution in [0.2, 0.25) is 0 Å². The molecule has 6 nitrogen and oxygen atoms in total. The van der Waals surface area contributed by atoms with E-state index in [0.717, 1.165) is 44.7 Å². The third-order valence-corrected chi connectivity index (χ3v) is 3.84. The number of nitrogens with zero attached hydrogens (tertiary/aromatic N) is 1. The monoisotopic (exact) mass is 343 g/mol. The Morgan fingerprint density at radius 3 is 2.29 bits per heavy atom. The van der Waals surface area contributed by atoms with Crippen LogP contribution in [0.1, 0.15) is 59.8 Å². The lowest BCUT2D eigenvalue weighted by atomic mass is 9.89. The van der Waals surface area contributed by atoms with E-state index in [1.54, 1.807) is 7.11 Å². The van der Waals surface area contributed by atoms with Crippen molar-refractivity contribution in [3.63, 3.8) is 0 Å². The molecule has 0 saturated carbocycles. The Hall–Kier alpha value is -1.30. The number of rotatable bonds is 11. The highest BCUT2D eigenvalue weighted by molar-refractivity contribution is 5.79. The third-order valence-electron chi connectivity index (χ3n) is 3.84. The molecule has 0 spiro atoms. The van der Waals surface area contributed by atoms with Crippen LogP contribution in [0.25, 0.3) is 0 Å². The number of hydrogen-bond donors (Lipinski definition) is 2. The quantitative estimate of drug-likeness (QED) is 0.261. The van der Waals surface area contributed by atoms with Crippen LogP contribution in [0.15, 0.2) is 4.99 Å². The van der Waals surface area contributed by atoms with Crippen LogP contribution in [0.3, 0.4) is 0 Å². The van der Waals surface area contributed by atoms with Gasteiger partial charge in [-0.1, -0.05) is 33.6 Å². The van der Waals surface area contributed by atoms with Gasteiger partial charge in [-0.3, -0.25) is 9.79 Å². The van der Waals surface area contributed by atoms with Crippen LogP contribution >= 0.6 is 0 Å². The number of carbonyl (C=O) groups excluding carboxylic acids is 1. The molecule has 0 radical (unpaired) electrons. The normalized spacial score (nSPS) is 13.5. The summed E-state index contributed by atoms with van der Waals surface area (Å²) < 4.78 is 10.2. The first-order valence-corrected chi connectivity index (χ1v) is 8.96. The summed E-state index contributed by atoms with van der Waals surface area (Å²) in [5.41, 5.74) is 0.0647. The molecule has 24 heavy (non-hydrogen) atoms. The fourth-order valence-electron chi connectivity index (χ4n) is 2.27. The molecule has 0 heterocycles. The minimum absolute atomic E-state index is 0.0647. The molecule has 0 fully saturated rings. The van der Waals surface area contributed by atoms with Gasteiger partial charge >= 0.3 is 5.97 Å². The molecular weight excluding hydrogens is 306 g/mol. The molecule has 0 aromatic carbocycles. The zero-order chi connectivity index (χ0) is 18.4. The third kappa shape index (κ3) is 11.3. The van der Waals surface area contributed by atoms with Gasteiger partial charge in [0.25, 0.3) is 0 Å². The Morgan fingerprint density at radius 1 is 1.08 bits per heavy atom. The van der Waals surface area contributed by atoms with E-state index in [2.05, 4.69) is 48.1 Å². The molecule has 2 N–H and O–H groups in total. The molecule has 1 unspecified atom stereocenters. The highest BCUT2D eigenvalue weighted by Crippen LogP contribution is 2.21. The highest BCUT2D eigenvalue weighted by atomic mass is 16.5. The molecule has 6 heteroatoms. The molecule has 0 bridgehead atoms. The van der Waals surface area contributed by atoms with Gasteiger partial charge in [0, 0.05) is 26.6 Å². The van der Waals surface area contributed by atoms with Crippen molar-refractivity contribution in [3.8, 4) is 0 Å². The second-order valence-electron chi connectivity index (χ2n) is 6.98. The SMILES string of the molecule is CCNC(=NCC(OC)C(C)(C)C)NCCCCCCC(=O)OC. The first-order chi connectivity index (χ1) is 11.3. The predicted molar refractivity (Wildman–Crippen MR) is 99.3 cm³/mol. The summed E-state index contributed by atoms with van der Waals surface area (Å²) in [4.78, 5) is 15.6. The van der Waals surface area contributed by atoms with Crippen molar-refractivity contribution in [3.05, 3.63) is 0 Å². The number of aliphatic imine (C=N–C) groups is 1. The van der Waals surface area contributed by atoms with Gasteiger partial charge in [-0.05, 0) is 25.2 Å². The number of methoxy groups -OCH3 is 2. The van der Waals surface area contributed by atoms with Gasteiger partial charge in [0.05, 0.1) is 19.8 Å². The molecular formula is C18H37N3O3. The van der Waals surface area contributed by atoms with Crippen molar-refractivity contribution >= 4 is 11.9 Å². The molecule has 0 aliphatic rings. The molecule has 0 rings (SSSR count). The molecule has 0 aliphatic carbocycles. The first-order valence-electron chi connectivity index (χ1n) is 8.96. The summed E-state index contributed by atoms with van der Waals surface area (Å²) in [6, 6.07) is 0. The van der Waals surface area contributed by atoms with Gasteiger partial charge in [-0.2, -0.15) is 0 Å². The Kier molecular flexibility index (Phi) is 12.3. The molecule has 0 aromatic heterocycles.